The van der Waals surface area contributed by atoms with Gasteiger partial charge in [0.05, 0.1) is 20.0 Å². The molecule has 0 aliphatic rings. The number of benzene rings is 1. The second-order valence-corrected chi connectivity index (χ2v) is 4.58. The lowest BCUT2D eigenvalue weighted by atomic mass is 10.1. The van der Waals surface area contributed by atoms with Crippen molar-refractivity contribution in [2.45, 2.75) is 5.25 Å². The molecule has 5 heteroatoms. The van der Waals surface area contributed by atoms with Crippen molar-refractivity contribution in [3.05, 3.63) is 29.8 Å². The topological polar surface area (TPSA) is 61.5 Å². The number of rotatable bonds is 6. The highest BCUT2D eigenvalue weighted by Gasteiger charge is 2.12. The van der Waals surface area contributed by atoms with Gasteiger partial charge in [0.1, 0.15) is 5.75 Å². The van der Waals surface area contributed by atoms with E-state index in [1.807, 2.05) is 24.3 Å². The van der Waals surface area contributed by atoms with E-state index < -0.39 is 0 Å². The lowest BCUT2D eigenvalue weighted by Crippen LogP contribution is -2.13. The van der Waals surface area contributed by atoms with Gasteiger partial charge in [-0.15, -0.1) is 11.8 Å². The van der Waals surface area contributed by atoms with Crippen molar-refractivity contribution in [2.24, 2.45) is 5.73 Å². The summed E-state index contributed by atoms with van der Waals surface area (Å²) in [5.74, 6) is 0.883. The van der Waals surface area contributed by atoms with E-state index >= 15 is 0 Å². The van der Waals surface area contributed by atoms with Crippen molar-refractivity contribution >= 4 is 17.7 Å². The van der Waals surface area contributed by atoms with Crippen LogP contribution in [0.5, 0.6) is 5.75 Å². The van der Waals surface area contributed by atoms with Crippen LogP contribution >= 0.6 is 11.8 Å². The van der Waals surface area contributed by atoms with E-state index in [0.717, 1.165) is 11.3 Å². The predicted molar refractivity (Wildman–Crippen MR) is 69.3 cm³/mol. The summed E-state index contributed by atoms with van der Waals surface area (Å²) in [5.41, 5.74) is 6.78. The summed E-state index contributed by atoms with van der Waals surface area (Å²) < 4.78 is 9.68. The largest absolute Gasteiger partial charge is 0.497 e. The molecule has 0 spiro atoms. The van der Waals surface area contributed by atoms with Crippen molar-refractivity contribution in [3.63, 3.8) is 0 Å². The van der Waals surface area contributed by atoms with Gasteiger partial charge < -0.3 is 15.2 Å². The first-order valence-corrected chi connectivity index (χ1v) is 6.28. The Balaban J connectivity index is 2.62. The van der Waals surface area contributed by atoms with Crippen LogP contribution in [0.4, 0.5) is 0 Å². The molecule has 2 N–H and O–H groups in total. The summed E-state index contributed by atoms with van der Waals surface area (Å²) in [6.07, 6.45) is 0. The third kappa shape index (κ3) is 4.28. The highest BCUT2D eigenvalue weighted by molar-refractivity contribution is 8.00. The summed E-state index contributed by atoms with van der Waals surface area (Å²) >= 11 is 1.48. The van der Waals surface area contributed by atoms with Gasteiger partial charge in [0.25, 0.3) is 0 Å². The van der Waals surface area contributed by atoms with Crippen molar-refractivity contribution < 1.29 is 14.3 Å². The molecule has 0 aliphatic heterocycles. The van der Waals surface area contributed by atoms with Gasteiger partial charge in [-0.1, -0.05) is 12.1 Å². The van der Waals surface area contributed by atoms with Crippen LogP contribution < -0.4 is 10.5 Å². The van der Waals surface area contributed by atoms with Gasteiger partial charge >= 0.3 is 5.97 Å². The molecule has 0 heterocycles. The quantitative estimate of drug-likeness (QED) is 0.782. The average molecular weight is 255 g/mol. The molecular weight excluding hydrogens is 238 g/mol. The van der Waals surface area contributed by atoms with Gasteiger partial charge in [-0.3, -0.25) is 4.79 Å². The van der Waals surface area contributed by atoms with Crippen LogP contribution in [0.2, 0.25) is 0 Å². The molecule has 0 saturated heterocycles. The number of carbonyl (C=O) groups is 1. The van der Waals surface area contributed by atoms with E-state index in [2.05, 4.69) is 4.74 Å². The summed E-state index contributed by atoms with van der Waals surface area (Å²) in [6.45, 7) is 0.480. The highest BCUT2D eigenvalue weighted by Crippen LogP contribution is 2.28. The maximum Gasteiger partial charge on any atom is 0.315 e. The van der Waals surface area contributed by atoms with Gasteiger partial charge in [-0.05, 0) is 17.7 Å². The first kappa shape index (κ1) is 13.9. The number of ether oxygens (including phenoxy) is 2. The third-order valence-electron chi connectivity index (χ3n) is 2.33. The lowest BCUT2D eigenvalue weighted by Gasteiger charge is -2.14. The fourth-order valence-corrected chi connectivity index (χ4v) is 2.29. The van der Waals surface area contributed by atoms with Crippen LogP contribution in [0.25, 0.3) is 0 Å². The average Bonchev–Trinajstić information content (AvgIpc) is 2.39. The molecule has 94 valence electrons. The normalized spacial score (nSPS) is 11.9. The predicted octanol–water partition coefficient (Wildman–Crippen LogP) is 1.60. The van der Waals surface area contributed by atoms with E-state index in [1.165, 1.54) is 18.9 Å². The van der Waals surface area contributed by atoms with Crippen LogP contribution in [-0.4, -0.2) is 32.5 Å². The molecule has 0 saturated carbocycles. The molecule has 0 fully saturated rings. The Bertz CT molecular complexity index is 353. The Hall–Kier alpha value is -1.20. The maximum atomic E-state index is 11.1. The first-order chi connectivity index (χ1) is 8.21. The minimum atomic E-state index is -0.234. The van der Waals surface area contributed by atoms with E-state index in [0.29, 0.717) is 12.3 Å². The van der Waals surface area contributed by atoms with E-state index in [4.69, 9.17) is 10.5 Å². The Kier molecular flexibility index (Phi) is 5.86. The van der Waals surface area contributed by atoms with Crippen molar-refractivity contribution in [1.82, 2.24) is 0 Å². The molecule has 0 aliphatic carbocycles. The minimum Gasteiger partial charge on any atom is -0.497 e. The SMILES string of the molecule is COC(=O)CSC(CN)c1ccc(OC)cc1. The number of nitrogens with two attached hydrogens (primary N) is 1. The molecule has 0 radical (unpaired) electrons. The number of hydrogen-bond acceptors (Lipinski definition) is 5. The van der Waals surface area contributed by atoms with Crippen LogP contribution in [0.3, 0.4) is 0 Å². The molecular formula is C12H17NO3S. The van der Waals surface area contributed by atoms with Crippen LogP contribution in [0, 0.1) is 0 Å². The van der Waals surface area contributed by atoms with Gasteiger partial charge in [0, 0.05) is 11.8 Å². The summed E-state index contributed by atoms with van der Waals surface area (Å²) in [5, 5.41) is 0.0972. The second kappa shape index (κ2) is 7.19. The van der Waals surface area contributed by atoms with Gasteiger partial charge in [-0.25, -0.2) is 0 Å². The monoisotopic (exact) mass is 255 g/mol. The maximum absolute atomic E-state index is 11.1. The fourth-order valence-electron chi connectivity index (χ4n) is 1.35. The molecule has 0 amide bonds. The van der Waals surface area contributed by atoms with Crippen LogP contribution in [-0.2, 0) is 9.53 Å². The smallest absolute Gasteiger partial charge is 0.315 e. The second-order valence-electron chi connectivity index (χ2n) is 3.38. The van der Waals surface area contributed by atoms with Crippen LogP contribution in [0.1, 0.15) is 10.8 Å². The first-order valence-electron chi connectivity index (χ1n) is 5.23. The lowest BCUT2D eigenvalue weighted by molar-refractivity contribution is -0.137. The molecule has 0 aromatic heterocycles. The molecule has 1 unspecified atom stereocenters. The summed E-state index contributed by atoms with van der Waals surface area (Å²) in [4.78, 5) is 11.1. The van der Waals surface area contributed by atoms with Gasteiger partial charge in [0.2, 0.25) is 0 Å². The number of esters is 1. The third-order valence-corrected chi connectivity index (χ3v) is 3.60. The standard InChI is InChI=1S/C12H17NO3S/c1-15-10-5-3-9(4-6-10)11(7-13)17-8-12(14)16-2/h3-6,11H,7-8,13H2,1-2H3. The molecule has 1 atom stereocenters. The summed E-state index contributed by atoms with van der Waals surface area (Å²) in [6, 6.07) is 7.69. The molecule has 1 rings (SSSR count). The Morgan fingerprint density at radius 1 is 1.35 bits per heavy atom. The number of methoxy groups -OCH3 is 2. The minimum absolute atomic E-state index is 0.0972. The number of hydrogen-bond donors (Lipinski definition) is 1. The Labute approximate surface area is 105 Å². The zero-order chi connectivity index (χ0) is 12.7. The van der Waals surface area contributed by atoms with E-state index in [-0.39, 0.29) is 11.2 Å². The zero-order valence-corrected chi connectivity index (χ0v) is 10.8. The molecule has 1 aromatic rings. The molecule has 4 nitrogen and oxygen atoms in total. The highest BCUT2D eigenvalue weighted by atomic mass is 32.2. The van der Waals surface area contributed by atoms with E-state index in [1.54, 1.807) is 7.11 Å². The molecule has 1 aromatic carbocycles. The summed E-state index contributed by atoms with van der Waals surface area (Å²) in [7, 11) is 3.01. The molecule has 0 bridgehead atoms. The van der Waals surface area contributed by atoms with Gasteiger partial charge in [-0.2, -0.15) is 0 Å². The number of thioether (sulfide) groups is 1. The fraction of sp³-hybridized carbons (Fsp3) is 0.417. The number of carbonyl (C=O) groups excluding carboxylic acids is 1. The Morgan fingerprint density at radius 3 is 2.47 bits per heavy atom. The van der Waals surface area contributed by atoms with E-state index in [9.17, 15) is 4.79 Å². The van der Waals surface area contributed by atoms with Crippen LogP contribution in [0.15, 0.2) is 24.3 Å². The van der Waals surface area contributed by atoms with Gasteiger partial charge in [0.15, 0.2) is 0 Å². The van der Waals surface area contributed by atoms with Crippen molar-refractivity contribution in [1.29, 1.82) is 0 Å². The molecule has 17 heavy (non-hydrogen) atoms. The van der Waals surface area contributed by atoms with Crippen molar-refractivity contribution in [2.75, 3.05) is 26.5 Å². The zero-order valence-electron chi connectivity index (χ0n) is 10.0. The Morgan fingerprint density at radius 2 is 2.00 bits per heavy atom. The van der Waals surface area contributed by atoms with Crippen molar-refractivity contribution in [3.8, 4) is 5.75 Å².